The summed E-state index contributed by atoms with van der Waals surface area (Å²) in [5.74, 6) is 3.31. The van der Waals surface area contributed by atoms with E-state index in [-0.39, 0.29) is 0 Å². The summed E-state index contributed by atoms with van der Waals surface area (Å²) in [5.41, 5.74) is 2.24. The molecule has 0 amide bonds. The smallest absolute Gasteiger partial charge is 0.257 e. The molecule has 2 aromatic rings. The van der Waals surface area contributed by atoms with E-state index in [4.69, 9.17) is 4.52 Å². The normalized spacial score (nSPS) is 14.7. The lowest BCUT2D eigenvalue weighted by molar-refractivity contribution is 0.425. The van der Waals surface area contributed by atoms with Crippen molar-refractivity contribution in [3.63, 3.8) is 0 Å². The van der Waals surface area contributed by atoms with Gasteiger partial charge in [-0.3, -0.25) is 4.99 Å². The summed E-state index contributed by atoms with van der Waals surface area (Å²) in [6.45, 7) is 2.78. The van der Waals surface area contributed by atoms with Crippen LogP contribution in [0.3, 0.4) is 0 Å². The van der Waals surface area contributed by atoms with Crippen LogP contribution in [0.2, 0.25) is 0 Å². The summed E-state index contributed by atoms with van der Waals surface area (Å²) in [6.07, 6.45) is 0. The predicted molar refractivity (Wildman–Crippen MR) is 80.5 cm³/mol. The van der Waals surface area contributed by atoms with Crippen LogP contribution in [0, 0.1) is 6.92 Å². The minimum Gasteiger partial charge on any atom is -0.334 e. The Morgan fingerprint density at radius 1 is 1.32 bits per heavy atom. The van der Waals surface area contributed by atoms with Crippen molar-refractivity contribution in [2.45, 2.75) is 12.7 Å². The second-order valence-corrected chi connectivity index (χ2v) is 6.43. The number of thioether (sulfide) groups is 2. The summed E-state index contributed by atoms with van der Waals surface area (Å²) < 4.78 is 6.35. The first-order chi connectivity index (χ1) is 9.31. The number of nitrogens with zero attached hydrogens (tertiary/aromatic N) is 3. The van der Waals surface area contributed by atoms with Crippen LogP contribution in [0.15, 0.2) is 33.8 Å². The van der Waals surface area contributed by atoms with Gasteiger partial charge in [0.1, 0.15) is 4.38 Å². The number of rotatable bonds is 3. The molecule has 19 heavy (non-hydrogen) atoms. The van der Waals surface area contributed by atoms with E-state index in [1.54, 1.807) is 11.8 Å². The monoisotopic (exact) mass is 291 g/mol. The van der Waals surface area contributed by atoms with Gasteiger partial charge in [0.15, 0.2) is 5.82 Å². The van der Waals surface area contributed by atoms with Crippen molar-refractivity contribution in [3.05, 3.63) is 35.7 Å². The van der Waals surface area contributed by atoms with Crippen LogP contribution in [-0.4, -0.2) is 26.8 Å². The maximum atomic E-state index is 5.14. The van der Waals surface area contributed by atoms with Gasteiger partial charge in [-0.15, -0.1) is 0 Å². The highest BCUT2D eigenvalue weighted by Gasteiger charge is 2.09. The van der Waals surface area contributed by atoms with E-state index in [1.807, 2.05) is 30.8 Å². The minimum absolute atomic E-state index is 0.576. The van der Waals surface area contributed by atoms with Crippen LogP contribution in [0.4, 0.5) is 0 Å². The maximum absolute atomic E-state index is 5.14. The molecule has 0 fully saturated rings. The molecule has 0 unspecified atom stereocenters. The molecule has 2 heterocycles. The van der Waals surface area contributed by atoms with E-state index in [2.05, 4.69) is 27.3 Å². The van der Waals surface area contributed by atoms with Crippen molar-refractivity contribution in [2.75, 3.05) is 12.3 Å². The molecule has 3 rings (SSSR count). The molecular formula is C13H13N3OS2. The van der Waals surface area contributed by atoms with Gasteiger partial charge in [-0.05, 0) is 24.6 Å². The van der Waals surface area contributed by atoms with Gasteiger partial charge < -0.3 is 4.52 Å². The number of aryl methyl sites for hydroxylation is 1. The largest absolute Gasteiger partial charge is 0.334 e. The van der Waals surface area contributed by atoms with Crippen molar-refractivity contribution < 1.29 is 4.52 Å². The quantitative estimate of drug-likeness (QED) is 0.867. The first kappa shape index (κ1) is 12.7. The molecule has 1 aromatic carbocycles. The highest BCUT2D eigenvalue weighted by atomic mass is 32.2. The van der Waals surface area contributed by atoms with Crippen molar-refractivity contribution in [1.29, 1.82) is 0 Å². The van der Waals surface area contributed by atoms with Gasteiger partial charge in [0.25, 0.3) is 5.89 Å². The zero-order chi connectivity index (χ0) is 13.1. The Kier molecular flexibility index (Phi) is 3.89. The number of hydrogen-bond acceptors (Lipinski definition) is 6. The number of benzene rings is 1. The molecule has 0 saturated carbocycles. The van der Waals surface area contributed by atoms with Crippen LogP contribution in [0.25, 0.3) is 11.5 Å². The lowest BCUT2D eigenvalue weighted by Crippen LogP contribution is -1.85. The average Bonchev–Trinajstić information content (AvgIpc) is 3.08. The Labute approximate surface area is 120 Å². The second-order valence-electron chi connectivity index (χ2n) is 4.13. The third-order valence-electron chi connectivity index (χ3n) is 2.65. The first-order valence-electron chi connectivity index (χ1n) is 6.01. The summed E-state index contributed by atoms with van der Waals surface area (Å²) in [7, 11) is 0. The molecule has 0 atom stereocenters. The Morgan fingerprint density at radius 2 is 2.16 bits per heavy atom. The summed E-state index contributed by atoms with van der Waals surface area (Å²) in [4.78, 5) is 8.64. The molecule has 1 aromatic heterocycles. The molecule has 0 radical (unpaired) electrons. The zero-order valence-corrected chi connectivity index (χ0v) is 12.1. The van der Waals surface area contributed by atoms with Crippen molar-refractivity contribution in [3.8, 4) is 11.5 Å². The molecule has 0 bridgehead atoms. The van der Waals surface area contributed by atoms with Crippen LogP contribution in [0.5, 0.6) is 0 Å². The summed E-state index contributed by atoms with van der Waals surface area (Å²) in [5, 5.41) is 3.80. The summed E-state index contributed by atoms with van der Waals surface area (Å²) in [6, 6.07) is 8.24. The lowest BCUT2D eigenvalue weighted by atomic mass is 10.1. The van der Waals surface area contributed by atoms with E-state index < -0.39 is 0 Å². The number of aliphatic imine (C=N–C) groups is 1. The number of hydrogen-bond donors (Lipinski definition) is 0. The zero-order valence-electron chi connectivity index (χ0n) is 10.5. The van der Waals surface area contributed by atoms with E-state index in [1.165, 1.54) is 9.94 Å². The summed E-state index contributed by atoms with van der Waals surface area (Å²) >= 11 is 3.65. The molecule has 1 aliphatic rings. The van der Waals surface area contributed by atoms with Crippen molar-refractivity contribution >= 4 is 27.9 Å². The highest BCUT2D eigenvalue weighted by Crippen LogP contribution is 2.26. The van der Waals surface area contributed by atoms with Gasteiger partial charge in [-0.1, -0.05) is 40.8 Å². The van der Waals surface area contributed by atoms with Gasteiger partial charge in [-0.2, -0.15) is 4.98 Å². The van der Waals surface area contributed by atoms with E-state index in [9.17, 15) is 0 Å². The van der Waals surface area contributed by atoms with Crippen molar-refractivity contribution in [1.82, 2.24) is 10.1 Å². The molecular weight excluding hydrogens is 278 g/mol. The van der Waals surface area contributed by atoms with E-state index in [0.29, 0.717) is 11.7 Å². The van der Waals surface area contributed by atoms with E-state index >= 15 is 0 Å². The third-order valence-corrected chi connectivity index (χ3v) is 4.97. The SMILES string of the molecule is Cc1noc(-c2ccc(CSC3=NCCS3)cc2)n1. The van der Waals surface area contributed by atoms with Crippen LogP contribution in [0.1, 0.15) is 11.4 Å². The van der Waals surface area contributed by atoms with Gasteiger partial charge in [0.2, 0.25) is 0 Å². The molecule has 98 valence electrons. The van der Waals surface area contributed by atoms with Crippen LogP contribution < -0.4 is 0 Å². The topological polar surface area (TPSA) is 51.3 Å². The van der Waals surface area contributed by atoms with Gasteiger partial charge in [0.05, 0.1) is 6.54 Å². The Bertz CT molecular complexity index is 592. The van der Waals surface area contributed by atoms with Gasteiger partial charge in [-0.25, -0.2) is 0 Å². The fraction of sp³-hybridized carbons (Fsp3) is 0.308. The second kappa shape index (κ2) is 5.79. The lowest BCUT2D eigenvalue weighted by Gasteiger charge is -2.01. The van der Waals surface area contributed by atoms with Gasteiger partial charge >= 0.3 is 0 Å². The van der Waals surface area contributed by atoms with Crippen LogP contribution >= 0.6 is 23.5 Å². The minimum atomic E-state index is 0.576. The average molecular weight is 291 g/mol. The Hall–Kier alpha value is -1.27. The molecule has 6 heteroatoms. The number of aromatic nitrogens is 2. The standard InChI is InChI=1S/C13H13N3OS2/c1-9-15-12(17-16-9)11-4-2-10(3-5-11)8-19-13-14-6-7-18-13/h2-5H,6-8H2,1H3. The Balaban J connectivity index is 1.65. The fourth-order valence-corrected chi connectivity index (χ4v) is 3.67. The molecule has 0 saturated heterocycles. The Morgan fingerprint density at radius 3 is 2.79 bits per heavy atom. The van der Waals surface area contributed by atoms with E-state index in [0.717, 1.165) is 23.6 Å². The predicted octanol–water partition coefficient (Wildman–Crippen LogP) is 3.38. The maximum Gasteiger partial charge on any atom is 0.257 e. The highest BCUT2D eigenvalue weighted by molar-refractivity contribution is 8.38. The van der Waals surface area contributed by atoms with Crippen molar-refractivity contribution in [2.24, 2.45) is 4.99 Å². The van der Waals surface area contributed by atoms with Gasteiger partial charge in [0, 0.05) is 17.1 Å². The third kappa shape index (κ3) is 3.19. The molecule has 0 aliphatic carbocycles. The molecule has 1 aliphatic heterocycles. The fourth-order valence-electron chi connectivity index (χ4n) is 1.71. The molecule has 4 nitrogen and oxygen atoms in total. The first-order valence-corrected chi connectivity index (χ1v) is 7.98. The van der Waals surface area contributed by atoms with Crippen LogP contribution in [-0.2, 0) is 5.75 Å². The molecule has 0 N–H and O–H groups in total. The molecule has 0 spiro atoms.